The fraction of sp³-hybridized carbons (Fsp3) is 0.320. The zero-order valence-electron chi connectivity index (χ0n) is 22.1. The van der Waals surface area contributed by atoms with Crippen LogP contribution in [-0.4, -0.2) is 66.7 Å². The van der Waals surface area contributed by atoms with Crippen molar-refractivity contribution in [3.63, 3.8) is 0 Å². The van der Waals surface area contributed by atoms with Gasteiger partial charge in [0.25, 0.3) is 5.91 Å². The van der Waals surface area contributed by atoms with Crippen LogP contribution in [0.2, 0.25) is 0 Å². The lowest BCUT2D eigenvalue weighted by molar-refractivity contribution is -0.137. The summed E-state index contributed by atoms with van der Waals surface area (Å²) in [6, 6.07) is 10.6. The number of hydrogen-bond acceptors (Lipinski definition) is 11. The number of benzene rings is 2. The summed E-state index contributed by atoms with van der Waals surface area (Å²) >= 11 is 0. The van der Waals surface area contributed by atoms with Crippen molar-refractivity contribution in [2.24, 2.45) is 0 Å². The number of alkyl halides is 3. The molecule has 0 spiro atoms. The number of para-hydroxylation sites is 1. The van der Waals surface area contributed by atoms with Gasteiger partial charge in [0.1, 0.15) is 17.1 Å². The minimum absolute atomic E-state index is 0.0974. The molecule has 0 aliphatic carbocycles. The molecule has 1 heterocycles. The molecule has 0 unspecified atom stereocenters. The maximum Gasteiger partial charge on any atom is 0.421 e. The molecule has 0 aliphatic heterocycles. The van der Waals surface area contributed by atoms with E-state index >= 15 is 0 Å². The normalized spacial score (nSPS) is 11.7. The van der Waals surface area contributed by atoms with Gasteiger partial charge in [0.2, 0.25) is 5.95 Å². The van der Waals surface area contributed by atoms with Crippen molar-refractivity contribution in [1.82, 2.24) is 15.3 Å². The highest BCUT2D eigenvalue weighted by Gasteiger charge is 2.36. The van der Waals surface area contributed by atoms with Gasteiger partial charge in [0.15, 0.2) is 0 Å². The van der Waals surface area contributed by atoms with Crippen molar-refractivity contribution in [3.8, 4) is 5.75 Å². The summed E-state index contributed by atoms with van der Waals surface area (Å²) < 4.78 is 70.1. The summed E-state index contributed by atoms with van der Waals surface area (Å²) in [6.45, 7) is -1.26. The number of carbonyl (C=O) groups excluding carboxylic acids is 1. The van der Waals surface area contributed by atoms with Crippen LogP contribution in [0.1, 0.15) is 21.5 Å². The fourth-order valence-electron chi connectivity index (χ4n) is 3.57. The number of aliphatic hydroxyl groups is 2. The molecule has 41 heavy (non-hydrogen) atoms. The van der Waals surface area contributed by atoms with E-state index in [1.807, 2.05) is 0 Å². The third-order valence-electron chi connectivity index (χ3n) is 5.39. The van der Waals surface area contributed by atoms with Gasteiger partial charge in [-0.2, -0.15) is 18.2 Å². The molecule has 5 N–H and O–H groups in total. The molecule has 0 saturated carbocycles. The summed E-state index contributed by atoms with van der Waals surface area (Å²) in [7, 11) is -0.976. The minimum Gasteiger partial charge on any atom is -0.495 e. The molecule has 0 saturated heterocycles. The Morgan fingerprint density at radius 2 is 1.71 bits per heavy atom. The molecule has 0 radical (unpaired) electrons. The number of amides is 1. The molecule has 2 aromatic carbocycles. The maximum absolute atomic E-state index is 13.8. The van der Waals surface area contributed by atoms with Gasteiger partial charge in [-0.15, -0.1) is 0 Å². The number of aromatic nitrogens is 2. The molecule has 222 valence electrons. The number of anilines is 4. The molecule has 0 fully saturated rings. The van der Waals surface area contributed by atoms with Gasteiger partial charge >= 0.3 is 13.8 Å². The Hall–Kier alpha value is -3.75. The quantitative estimate of drug-likeness (QED) is 0.170. The van der Waals surface area contributed by atoms with Crippen LogP contribution < -0.4 is 20.7 Å². The molecular weight excluding hydrogens is 570 g/mol. The number of halogens is 3. The number of ether oxygens (including phenoxy) is 1. The molecule has 1 amide bonds. The zero-order chi connectivity index (χ0) is 30.0. The van der Waals surface area contributed by atoms with E-state index in [0.717, 1.165) is 0 Å². The standard InChI is InChI=1S/C25H29F3N5O7P/c1-29-23(36)17-5-3-4-6-19(17)31-22-18(25(26,27)28)14-30-24(33-22)32-20-8-7-16(13-21(20)38-2)15-41(37,39-11-9-34)40-12-10-35/h3-8,13-14,34-35H,9-12,15H2,1-2H3,(H,29,36)(H2,30,31,32,33). The lowest BCUT2D eigenvalue weighted by Gasteiger charge is -2.19. The number of rotatable bonds is 14. The van der Waals surface area contributed by atoms with Crippen molar-refractivity contribution in [2.75, 3.05) is 51.2 Å². The summed E-state index contributed by atoms with van der Waals surface area (Å²) in [5.41, 5.74) is -0.223. The Bertz CT molecular complexity index is 1380. The number of nitrogens with one attached hydrogen (secondary N) is 3. The summed E-state index contributed by atoms with van der Waals surface area (Å²) in [5.74, 6) is -1.11. The second-order valence-corrected chi connectivity index (χ2v) is 10.3. The van der Waals surface area contributed by atoms with Crippen LogP contribution in [0.4, 0.5) is 36.3 Å². The second-order valence-electron chi connectivity index (χ2n) is 8.25. The van der Waals surface area contributed by atoms with Crippen LogP contribution >= 0.6 is 7.60 Å². The number of carbonyl (C=O) groups is 1. The van der Waals surface area contributed by atoms with Gasteiger partial charge in [-0.3, -0.25) is 9.36 Å². The molecule has 0 atom stereocenters. The Kier molecular flexibility index (Phi) is 11.0. The molecule has 12 nitrogen and oxygen atoms in total. The smallest absolute Gasteiger partial charge is 0.421 e. The summed E-state index contributed by atoms with van der Waals surface area (Å²) in [6.07, 6.45) is -4.40. The van der Waals surface area contributed by atoms with Crippen LogP contribution in [0.25, 0.3) is 0 Å². The molecule has 3 rings (SSSR count). The largest absolute Gasteiger partial charge is 0.495 e. The Morgan fingerprint density at radius 1 is 1.02 bits per heavy atom. The van der Waals surface area contributed by atoms with Crippen LogP contribution in [0.15, 0.2) is 48.7 Å². The minimum atomic E-state index is -4.80. The number of aliphatic hydroxyl groups excluding tert-OH is 2. The van der Waals surface area contributed by atoms with E-state index in [-0.39, 0.29) is 61.2 Å². The molecule has 0 aliphatic rings. The lowest BCUT2D eigenvalue weighted by Crippen LogP contribution is -2.20. The Labute approximate surface area is 233 Å². The van der Waals surface area contributed by atoms with Crippen molar-refractivity contribution in [1.29, 1.82) is 0 Å². The molecule has 16 heteroatoms. The van der Waals surface area contributed by atoms with Gasteiger partial charge in [-0.05, 0) is 29.8 Å². The molecule has 3 aromatic rings. The number of nitrogens with zero attached hydrogens (tertiary/aromatic N) is 2. The van der Waals surface area contributed by atoms with Crippen molar-refractivity contribution in [3.05, 3.63) is 65.4 Å². The predicted molar refractivity (Wildman–Crippen MR) is 144 cm³/mol. The average molecular weight is 600 g/mol. The topological polar surface area (TPSA) is 164 Å². The second kappa shape index (κ2) is 14.2. The van der Waals surface area contributed by atoms with E-state index in [4.69, 9.17) is 24.0 Å². The highest BCUT2D eigenvalue weighted by atomic mass is 31.2. The van der Waals surface area contributed by atoms with Crippen LogP contribution in [-0.2, 0) is 26.0 Å². The van der Waals surface area contributed by atoms with Crippen LogP contribution in [0.5, 0.6) is 5.75 Å². The van der Waals surface area contributed by atoms with E-state index < -0.39 is 31.1 Å². The van der Waals surface area contributed by atoms with Crippen molar-refractivity contribution >= 4 is 36.6 Å². The third-order valence-corrected chi connectivity index (χ3v) is 7.30. The number of methoxy groups -OCH3 is 1. The first-order chi connectivity index (χ1) is 19.5. The average Bonchev–Trinajstić information content (AvgIpc) is 2.95. The van der Waals surface area contributed by atoms with Crippen LogP contribution in [0, 0.1) is 0 Å². The van der Waals surface area contributed by atoms with Gasteiger partial charge in [0, 0.05) is 13.2 Å². The monoisotopic (exact) mass is 599 g/mol. The van der Waals surface area contributed by atoms with E-state index in [9.17, 15) is 22.5 Å². The predicted octanol–water partition coefficient (Wildman–Crippen LogP) is 4.06. The molecular formula is C25H29F3N5O7P. The third kappa shape index (κ3) is 8.62. The maximum atomic E-state index is 13.8. The fourth-order valence-corrected chi connectivity index (χ4v) is 5.19. The van der Waals surface area contributed by atoms with E-state index in [1.54, 1.807) is 18.2 Å². The molecule has 1 aromatic heterocycles. The van der Waals surface area contributed by atoms with Crippen LogP contribution in [0.3, 0.4) is 0 Å². The first-order valence-corrected chi connectivity index (χ1v) is 13.8. The van der Waals surface area contributed by atoms with Gasteiger partial charge in [-0.1, -0.05) is 18.2 Å². The zero-order valence-corrected chi connectivity index (χ0v) is 23.0. The number of hydrogen-bond donors (Lipinski definition) is 5. The van der Waals surface area contributed by atoms with Gasteiger partial charge in [0.05, 0.1) is 56.6 Å². The summed E-state index contributed by atoms with van der Waals surface area (Å²) in [5, 5.41) is 25.9. The SMILES string of the molecule is CNC(=O)c1ccccc1Nc1nc(Nc2ccc(CP(=O)(OCCO)OCCO)cc2OC)ncc1C(F)(F)F. The van der Waals surface area contributed by atoms with E-state index in [1.165, 1.54) is 38.4 Å². The first-order valence-electron chi connectivity index (χ1n) is 12.1. The van der Waals surface area contributed by atoms with Gasteiger partial charge < -0.3 is 39.9 Å². The van der Waals surface area contributed by atoms with Crippen molar-refractivity contribution in [2.45, 2.75) is 12.3 Å². The first kappa shape index (κ1) is 31.8. The van der Waals surface area contributed by atoms with Crippen molar-refractivity contribution < 1.29 is 46.5 Å². The highest BCUT2D eigenvalue weighted by molar-refractivity contribution is 7.53. The van der Waals surface area contributed by atoms with Gasteiger partial charge in [-0.25, -0.2) is 4.98 Å². The molecule has 0 bridgehead atoms. The summed E-state index contributed by atoms with van der Waals surface area (Å²) in [4.78, 5) is 20.0. The Morgan fingerprint density at radius 3 is 2.32 bits per heavy atom. The van der Waals surface area contributed by atoms with E-state index in [0.29, 0.717) is 11.8 Å². The highest BCUT2D eigenvalue weighted by Crippen LogP contribution is 2.51. The van der Waals surface area contributed by atoms with E-state index in [2.05, 4.69) is 25.9 Å². The Balaban J connectivity index is 1.92. The lowest BCUT2D eigenvalue weighted by atomic mass is 10.1.